The van der Waals surface area contributed by atoms with E-state index in [-0.39, 0.29) is 16.9 Å². The second-order valence-electron chi connectivity index (χ2n) is 2.26. The Kier molecular flexibility index (Phi) is 2.49. The van der Waals surface area contributed by atoms with Crippen LogP contribution in [0.1, 0.15) is 5.56 Å². The minimum absolute atomic E-state index is 0.00949. The van der Waals surface area contributed by atoms with Crippen LogP contribution in [0.4, 0.5) is 11.4 Å². The van der Waals surface area contributed by atoms with Crippen LogP contribution in [0.5, 0.6) is 0 Å². The summed E-state index contributed by atoms with van der Waals surface area (Å²) < 4.78 is 0.371. The van der Waals surface area contributed by atoms with E-state index in [4.69, 9.17) is 11.0 Å². The molecule has 0 radical (unpaired) electrons. The number of hydrogen-bond acceptors (Lipinski definition) is 4. The van der Waals surface area contributed by atoms with Gasteiger partial charge in [0.25, 0.3) is 5.69 Å². The van der Waals surface area contributed by atoms with Crippen molar-refractivity contribution in [3.63, 3.8) is 0 Å². The third-order valence-electron chi connectivity index (χ3n) is 1.43. The molecule has 0 aliphatic carbocycles. The number of nitro groups is 1. The van der Waals surface area contributed by atoms with E-state index < -0.39 is 4.92 Å². The van der Waals surface area contributed by atoms with Gasteiger partial charge in [-0.15, -0.1) is 0 Å². The lowest BCUT2D eigenvalue weighted by Crippen LogP contribution is -1.96. The Labute approximate surface area is 82.0 Å². The third kappa shape index (κ3) is 1.76. The summed E-state index contributed by atoms with van der Waals surface area (Å²) >= 11 is 3.03. The summed E-state index contributed by atoms with van der Waals surface area (Å²) in [6.45, 7) is 0. The first-order valence-corrected chi connectivity index (χ1v) is 3.99. The van der Waals surface area contributed by atoms with Gasteiger partial charge in [0.1, 0.15) is 11.8 Å². The molecule has 2 N–H and O–H groups in total. The van der Waals surface area contributed by atoms with E-state index in [9.17, 15) is 10.1 Å². The summed E-state index contributed by atoms with van der Waals surface area (Å²) in [6, 6.07) is 4.33. The highest BCUT2D eigenvalue weighted by Gasteiger charge is 2.14. The zero-order valence-corrected chi connectivity index (χ0v) is 7.91. The Morgan fingerprint density at radius 2 is 2.23 bits per heavy atom. The van der Waals surface area contributed by atoms with Crippen LogP contribution in [-0.2, 0) is 0 Å². The van der Waals surface area contributed by atoms with Gasteiger partial charge in [-0.1, -0.05) is 0 Å². The summed E-state index contributed by atoms with van der Waals surface area (Å²) in [7, 11) is 0. The summed E-state index contributed by atoms with van der Waals surface area (Å²) in [6.07, 6.45) is 0. The Balaban J connectivity index is 3.39. The standard InChI is InChI=1S/C7H4BrN3O2/c8-5-2-7(11(12)13)6(10)1-4(5)3-9/h1-2H,10H2. The maximum absolute atomic E-state index is 10.4. The lowest BCUT2D eigenvalue weighted by molar-refractivity contribution is -0.384. The van der Waals surface area contributed by atoms with Crippen molar-refractivity contribution in [2.24, 2.45) is 0 Å². The summed E-state index contributed by atoms with van der Waals surface area (Å²) in [5.74, 6) is 0. The maximum Gasteiger partial charge on any atom is 0.293 e. The molecule has 0 fully saturated rings. The van der Waals surface area contributed by atoms with Gasteiger partial charge < -0.3 is 5.73 Å². The smallest absolute Gasteiger partial charge is 0.293 e. The quantitative estimate of drug-likeness (QED) is 0.461. The lowest BCUT2D eigenvalue weighted by Gasteiger charge is -1.98. The molecule has 6 heteroatoms. The molecule has 0 saturated heterocycles. The van der Waals surface area contributed by atoms with Gasteiger partial charge in [0.15, 0.2) is 0 Å². The molecular weight excluding hydrogens is 238 g/mol. The van der Waals surface area contributed by atoms with Crippen molar-refractivity contribution in [2.45, 2.75) is 0 Å². The molecule has 1 rings (SSSR count). The fourth-order valence-electron chi connectivity index (χ4n) is 0.823. The predicted molar refractivity (Wildman–Crippen MR) is 49.9 cm³/mol. The van der Waals surface area contributed by atoms with Crippen molar-refractivity contribution < 1.29 is 4.92 Å². The van der Waals surface area contributed by atoms with Crippen LogP contribution >= 0.6 is 15.9 Å². The summed E-state index contributed by atoms with van der Waals surface area (Å²) in [4.78, 5) is 9.80. The molecule has 0 atom stereocenters. The van der Waals surface area contributed by atoms with E-state index >= 15 is 0 Å². The molecule has 66 valence electrons. The second kappa shape index (κ2) is 3.41. The van der Waals surface area contributed by atoms with Gasteiger partial charge in [-0.25, -0.2) is 0 Å². The SMILES string of the molecule is N#Cc1cc(N)c([N+](=O)[O-])cc1Br. The van der Waals surface area contributed by atoms with Crippen molar-refractivity contribution in [2.75, 3.05) is 5.73 Å². The molecule has 1 aromatic rings. The molecule has 0 aromatic heterocycles. The minimum Gasteiger partial charge on any atom is -0.393 e. The second-order valence-corrected chi connectivity index (χ2v) is 3.11. The molecule has 0 amide bonds. The molecule has 0 spiro atoms. The van der Waals surface area contributed by atoms with Crippen LogP contribution in [0.2, 0.25) is 0 Å². The van der Waals surface area contributed by atoms with E-state index in [2.05, 4.69) is 15.9 Å². The normalized spacial score (nSPS) is 9.23. The molecule has 13 heavy (non-hydrogen) atoms. The average Bonchev–Trinajstić information content (AvgIpc) is 2.07. The topological polar surface area (TPSA) is 93.0 Å². The number of benzene rings is 1. The first-order valence-electron chi connectivity index (χ1n) is 3.19. The van der Waals surface area contributed by atoms with E-state index in [1.165, 1.54) is 12.1 Å². The Bertz CT molecular complexity index is 411. The van der Waals surface area contributed by atoms with Crippen LogP contribution in [0.3, 0.4) is 0 Å². The molecule has 0 saturated carbocycles. The summed E-state index contributed by atoms with van der Waals surface area (Å²) in [5.41, 5.74) is 5.42. The molecular formula is C7H4BrN3O2. The number of rotatable bonds is 1. The number of anilines is 1. The van der Waals surface area contributed by atoms with Crippen molar-refractivity contribution in [3.8, 4) is 6.07 Å². The van der Waals surface area contributed by atoms with E-state index in [1.807, 2.05) is 6.07 Å². The lowest BCUT2D eigenvalue weighted by atomic mass is 10.2. The Hall–Kier alpha value is -1.61. The van der Waals surface area contributed by atoms with Gasteiger partial charge in [0, 0.05) is 10.5 Å². The average molecular weight is 242 g/mol. The summed E-state index contributed by atoms with van der Waals surface area (Å²) in [5, 5.41) is 19.0. The molecule has 5 nitrogen and oxygen atoms in total. The number of nitrogens with zero attached hydrogens (tertiary/aromatic N) is 2. The number of nitro benzene ring substituents is 1. The fraction of sp³-hybridized carbons (Fsp3) is 0. The first kappa shape index (κ1) is 9.48. The van der Waals surface area contributed by atoms with Crippen LogP contribution < -0.4 is 5.73 Å². The molecule has 0 aliphatic heterocycles. The fourth-order valence-corrected chi connectivity index (χ4v) is 1.24. The number of nitriles is 1. The Morgan fingerprint density at radius 1 is 1.62 bits per heavy atom. The molecule has 0 heterocycles. The minimum atomic E-state index is -0.596. The number of halogens is 1. The molecule has 1 aromatic carbocycles. The van der Waals surface area contributed by atoms with Crippen LogP contribution in [0.15, 0.2) is 16.6 Å². The maximum atomic E-state index is 10.4. The molecule has 0 unspecified atom stereocenters. The number of hydrogen-bond donors (Lipinski definition) is 1. The van der Waals surface area contributed by atoms with Crippen molar-refractivity contribution in [3.05, 3.63) is 32.3 Å². The predicted octanol–water partition coefficient (Wildman–Crippen LogP) is 1.81. The van der Waals surface area contributed by atoms with E-state index in [0.29, 0.717) is 4.47 Å². The van der Waals surface area contributed by atoms with Crippen LogP contribution in [-0.4, -0.2) is 4.92 Å². The third-order valence-corrected chi connectivity index (χ3v) is 2.09. The molecule has 0 bridgehead atoms. The van der Waals surface area contributed by atoms with Gasteiger partial charge in [0.05, 0.1) is 10.5 Å². The van der Waals surface area contributed by atoms with Gasteiger partial charge in [0.2, 0.25) is 0 Å². The van der Waals surface area contributed by atoms with Gasteiger partial charge in [-0.05, 0) is 22.0 Å². The zero-order chi connectivity index (χ0) is 10.0. The van der Waals surface area contributed by atoms with Gasteiger partial charge >= 0.3 is 0 Å². The molecule has 0 aliphatic rings. The Morgan fingerprint density at radius 3 is 2.69 bits per heavy atom. The van der Waals surface area contributed by atoms with Crippen molar-refractivity contribution >= 4 is 27.3 Å². The monoisotopic (exact) mass is 241 g/mol. The zero-order valence-electron chi connectivity index (χ0n) is 6.32. The van der Waals surface area contributed by atoms with Crippen molar-refractivity contribution in [1.29, 1.82) is 5.26 Å². The van der Waals surface area contributed by atoms with Gasteiger partial charge in [-0.3, -0.25) is 10.1 Å². The van der Waals surface area contributed by atoms with Crippen LogP contribution in [0.25, 0.3) is 0 Å². The number of nitrogen functional groups attached to an aromatic ring is 1. The van der Waals surface area contributed by atoms with Crippen LogP contribution in [0, 0.1) is 21.4 Å². The van der Waals surface area contributed by atoms with E-state index in [1.54, 1.807) is 0 Å². The van der Waals surface area contributed by atoms with Crippen molar-refractivity contribution in [1.82, 2.24) is 0 Å². The number of nitrogens with two attached hydrogens (primary N) is 1. The largest absolute Gasteiger partial charge is 0.393 e. The highest BCUT2D eigenvalue weighted by molar-refractivity contribution is 9.10. The van der Waals surface area contributed by atoms with Gasteiger partial charge in [-0.2, -0.15) is 5.26 Å². The highest BCUT2D eigenvalue weighted by Crippen LogP contribution is 2.28. The van der Waals surface area contributed by atoms with E-state index in [0.717, 1.165) is 0 Å². The highest BCUT2D eigenvalue weighted by atomic mass is 79.9. The first-order chi connectivity index (χ1) is 6.06.